The Morgan fingerprint density at radius 1 is 1.04 bits per heavy atom. The summed E-state index contributed by atoms with van der Waals surface area (Å²) < 4.78 is 0. The van der Waals surface area contributed by atoms with Gasteiger partial charge in [-0.2, -0.15) is 0 Å². The fraction of sp³-hybridized carbons (Fsp3) is 0.417. The fourth-order valence-corrected chi connectivity index (χ4v) is 4.02. The highest BCUT2D eigenvalue weighted by molar-refractivity contribution is 5.86. The molecule has 1 aromatic heterocycles. The van der Waals surface area contributed by atoms with Gasteiger partial charge in [0, 0.05) is 41.4 Å². The highest BCUT2D eigenvalue weighted by Crippen LogP contribution is 2.28. The van der Waals surface area contributed by atoms with Crippen molar-refractivity contribution in [1.82, 2.24) is 10.3 Å². The summed E-state index contributed by atoms with van der Waals surface area (Å²) in [5.74, 6) is 0.782. The number of H-pyrrole nitrogens is 1. The summed E-state index contributed by atoms with van der Waals surface area (Å²) in [6.07, 6.45) is 3.73. The number of hydrogen-bond donors (Lipinski definition) is 2. The average Bonchev–Trinajstić information content (AvgIpc) is 3.13. The summed E-state index contributed by atoms with van der Waals surface area (Å²) in [6.45, 7) is 8.01. The molecule has 0 aliphatic carbocycles. The molecule has 3 nitrogen and oxygen atoms in total. The Hall–Kier alpha value is -2.26. The molecule has 0 unspecified atom stereocenters. The van der Waals surface area contributed by atoms with Crippen molar-refractivity contribution in [2.24, 2.45) is 5.92 Å². The molecule has 1 fully saturated rings. The second-order valence-electron chi connectivity index (χ2n) is 8.22. The van der Waals surface area contributed by atoms with Gasteiger partial charge < -0.3 is 15.2 Å². The Kier molecular flexibility index (Phi) is 5.49. The molecular weight excluding hydrogens is 330 g/mol. The van der Waals surface area contributed by atoms with Gasteiger partial charge in [-0.05, 0) is 61.6 Å². The third-order valence-corrected chi connectivity index (χ3v) is 5.70. The van der Waals surface area contributed by atoms with Crippen LogP contribution in [0.5, 0.6) is 0 Å². The molecule has 27 heavy (non-hydrogen) atoms. The third kappa shape index (κ3) is 4.36. The Morgan fingerprint density at radius 2 is 1.85 bits per heavy atom. The molecule has 1 aliphatic heterocycles. The van der Waals surface area contributed by atoms with Crippen LogP contribution in [0.3, 0.4) is 0 Å². The van der Waals surface area contributed by atoms with E-state index >= 15 is 0 Å². The molecule has 142 valence electrons. The van der Waals surface area contributed by atoms with Gasteiger partial charge in [0.25, 0.3) is 0 Å². The van der Waals surface area contributed by atoms with Gasteiger partial charge in [0.15, 0.2) is 0 Å². The Morgan fingerprint density at radius 3 is 2.63 bits per heavy atom. The minimum absolute atomic E-state index is 0.678. The van der Waals surface area contributed by atoms with Gasteiger partial charge in [-0.3, -0.25) is 0 Å². The number of aromatic nitrogens is 1. The predicted octanol–water partition coefficient (Wildman–Crippen LogP) is 5.44. The van der Waals surface area contributed by atoms with Crippen LogP contribution in [0.15, 0.2) is 54.6 Å². The van der Waals surface area contributed by atoms with Crippen LogP contribution in [0, 0.1) is 5.92 Å². The number of hydrogen-bond acceptors (Lipinski definition) is 2. The number of anilines is 1. The topological polar surface area (TPSA) is 31.1 Å². The minimum Gasteiger partial charge on any atom is -0.371 e. The van der Waals surface area contributed by atoms with Gasteiger partial charge in [0.05, 0.1) is 0 Å². The number of nitrogens with one attached hydrogen (secondary N) is 2. The van der Waals surface area contributed by atoms with Crippen LogP contribution in [0.25, 0.3) is 22.2 Å². The molecule has 2 N–H and O–H groups in total. The average molecular weight is 362 g/mol. The van der Waals surface area contributed by atoms with Crippen molar-refractivity contribution in [3.8, 4) is 11.3 Å². The van der Waals surface area contributed by atoms with Crippen molar-refractivity contribution in [2.45, 2.75) is 39.2 Å². The molecule has 0 atom stereocenters. The maximum absolute atomic E-state index is 3.75. The molecule has 2 heterocycles. The normalized spacial score (nSPS) is 15.7. The first-order valence-electron chi connectivity index (χ1n) is 10.4. The van der Waals surface area contributed by atoms with E-state index in [1.54, 1.807) is 0 Å². The molecule has 2 aromatic carbocycles. The zero-order valence-corrected chi connectivity index (χ0v) is 16.5. The Labute approximate surface area is 162 Å². The fourth-order valence-electron chi connectivity index (χ4n) is 4.02. The summed E-state index contributed by atoms with van der Waals surface area (Å²) in [5, 5.41) is 5.02. The second-order valence-corrected chi connectivity index (χ2v) is 8.22. The molecule has 0 saturated carbocycles. The second kappa shape index (κ2) is 8.18. The predicted molar refractivity (Wildman–Crippen MR) is 116 cm³/mol. The van der Waals surface area contributed by atoms with Gasteiger partial charge in [0.2, 0.25) is 0 Å². The van der Waals surface area contributed by atoms with Gasteiger partial charge in [0.1, 0.15) is 0 Å². The molecular formula is C24H31N3. The van der Waals surface area contributed by atoms with Crippen LogP contribution in [0.1, 0.15) is 33.1 Å². The SMILES string of the molecule is CC(C)CCNC1CCN(c2cccc(-c3cc4ccccc4[nH]3)c2)CC1. The van der Waals surface area contributed by atoms with Crippen LogP contribution in [0.4, 0.5) is 5.69 Å². The lowest BCUT2D eigenvalue weighted by molar-refractivity contribution is 0.399. The molecule has 0 spiro atoms. The van der Waals surface area contributed by atoms with Gasteiger partial charge in [-0.15, -0.1) is 0 Å². The van der Waals surface area contributed by atoms with E-state index in [9.17, 15) is 0 Å². The van der Waals surface area contributed by atoms with Gasteiger partial charge in [-0.25, -0.2) is 0 Å². The summed E-state index contributed by atoms with van der Waals surface area (Å²) >= 11 is 0. The van der Waals surface area contributed by atoms with E-state index in [2.05, 4.69) is 83.6 Å². The molecule has 3 aromatic rings. The van der Waals surface area contributed by atoms with E-state index < -0.39 is 0 Å². The van der Waals surface area contributed by atoms with Gasteiger partial charge in [-0.1, -0.05) is 44.2 Å². The van der Waals surface area contributed by atoms with Crippen LogP contribution < -0.4 is 10.2 Å². The first-order chi connectivity index (χ1) is 13.2. The number of rotatable bonds is 6. The molecule has 3 heteroatoms. The lowest BCUT2D eigenvalue weighted by atomic mass is 10.0. The van der Waals surface area contributed by atoms with E-state index in [0.29, 0.717) is 6.04 Å². The number of fused-ring (bicyclic) bond motifs is 1. The van der Waals surface area contributed by atoms with Gasteiger partial charge >= 0.3 is 0 Å². The smallest absolute Gasteiger partial charge is 0.0465 e. The van der Waals surface area contributed by atoms with Crippen LogP contribution in [-0.2, 0) is 0 Å². The van der Waals surface area contributed by atoms with Crippen LogP contribution in [0.2, 0.25) is 0 Å². The number of aromatic amines is 1. The Bertz CT molecular complexity index is 839. The van der Waals surface area contributed by atoms with Crippen molar-refractivity contribution in [2.75, 3.05) is 24.5 Å². The number of benzene rings is 2. The number of nitrogens with zero attached hydrogens (tertiary/aromatic N) is 1. The maximum atomic E-state index is 3.75. The first kappa shape index (κ1) is 18.1. The summed E-state index contributed by atoms with van der Waals surface area (Å²) in [6, 6.07) is 20.4. The standard InChI is InChI=1S/C24H31N3/c1-18(2)10-13-25-21-11-14-27(15-12-21)22-8-5-7-19(16-22)24-17-20-6-3-4-9-23(20)26-24/h3-9,16-18,21,25-26H,10-15H2,1-2H3. The summed E-state index contributed by atoms with van der Waals surface area (Å²) in [5.41, 5.74) is 5.00. The first-order valence-corrected chi connectivity index (χ1v) is 10.4. The van der Waals surface area contributed by atoms with Crippen LogP contribution >= 0.6 is 0 Å². The van der Waals surface area contributed by atoms with Crippen molar-refractivity contribution < 1.29 is 0 Å². The molecule has 0 radical (unpaired) electrons. The summed E-state index contributed by atoms with van der Waals surface area (Å²) in [4.78, 5) is 6.09. The van der Waals surface area contributed by atoms with E-state index in [1.807, 2.05) is 0 Å². The minimum atomic E-state index is 0.678. The highest BCUT2D eigenvalue weighted by Gasteiger charge is 2.19. The quantitative estimate of drug-likeness (QED) is 0.612. The highest BCUT2D eigenvalue weighted by atomic mass is 15.1. The monoisotopic (exact) mass is 361 g/mol. The molecule has 0 amide bonds. The van der Waals surface area contributed by atoms with E-state index in [0.717, 1.165) is 25.6 Å². The third-order valence-electron chi connectivity index (χ3n) is 5.70. The van der Waals surface area contributed by atoms with E-state index in [1.165, 1.54) is 47.1 Å². The molecule has 1 saturated heterocycles. The van der Waals surface area contributed by atoms with Crippen LogP contribution in [-0.4, -0.2) is 30.7 Å². The van der Waals surface area contributed by atoms with E-state index in [4.69, 9.17) is 0 Å². The number of piperidine rings is 1. The van der Waals surface area contributed by atoms with Crippen molar-refractivity contribution in [1.29, 1.82) is 0 Å². The largest absolute Gasteiger partial charge is 0.371 e. The van der Waals surface area contributed by atoms with Crippen molar-refractivity contribution in [3.05, 3.63) is 54.6 Å². The molecule has 0 bridgehead atoms. The Balaban J connectivity index is 1.41. The van der Waals surface area contributed by atoms with E-state index in [-0.39, 0.29) is 0 Å². The lowest BCUT2D eigenvalue weighted by Gasteiger charge is -2.34. The molecule has 4 rings (SSSR count). The number of para-hydroxylation sites is 1. The van der Waals surface area contributed by atoms with Crippen molar-refractivity contribution in [3.63, 3.8) is 0 Å². The zero-order valence-electron chi connectivity index (χ0n) is 16.5. The zero-order chi connectivity index (χ0) is 18.6. The van der Waals surface area contributed by atoms with Crippen molar-refractivity contribution >= 4 is 16.6 Å². The molecule has 1 aliphatic rings. The lowest BCUT2D eigenvalue weighted by Crippen LogP contribution is -2.43. The maximum Gasteiger partial charge on any atom is 0.0465 e. The summed E-state index contributed by atoms with van der Waals surface area (Å²) in [7, 11) is 0.